The number of piperidine rings is 1. The Kier molecular flexibility index (Phi) is 7.80. The van der Waals surface area contributed by atoms with Gasteiger partial charge >= 0.3 is 0 Å². The molecule has 2 aromatic rings. The van der Waals surface area contributed by atoms with E-state index >= 15 is 0 Å². The van der Waals surface area contributed by atoms with Gasteiger partial charge in [-0.2, -0.15) is 0 Å². The van der Waals surface area contributed by atoms with Crippen LogP contribution >= 0.6 is 0 Å². The predicted molar refractivity (Wildman–Crippen MR) is 118 cm³/mol. The van der Waals surface area contributed by atoms with Crippen molar-refractivity contribution in [3.63, 3.8) is 0 Å². The normalized spacial score (nSPS) is 16.1. The highest BCUT2D eigenvalue weighted by molar-refractivity contribution is 7.89. The second-order valence-corrected chi connectivity index (χ2v) is 9.80. The van der Waals surface area contributed by atoms with E-state index in [1.165, 1.54) is 0 Å². The minimum absolute atomic E-state index is 0.0291. The van der Waals surface area contributed by atoms with Gasteiger partial charge < -0.3 is 9.64 Å². The molecular formula is C22H31N3O4S. The molecule has 1 aromatic carbocycles. The number of unbranched alkanes of at least 4 members (excludes halogenated alkanes) is 1. The molecule has 8 heteroatoms. The average molecular weight is 434 g/mol. The van der Waals surface area contributed by atoms with Gasteiger partial charge in [0.05, 0.1) is 12.4 Å². The maximum Gasteiger partial charge on any atom is 0.272 e. The lowest BCUT2D eigenvalue weighted by Crippen LogP contribution is -2.50. The number of sulfonamides is 1. The number of ether oxygens (including phenoxy) is 1. The SMILES string of the molecule is CCCCS(=O)(=O)N1CCC(N(CCOC)C(=O)c2cc3ccccc3cn2)CC1. The molecule has 1 amide bonds. The first-order valence-electron chi connectivity index (χ1n) is 10.6. The lowest BCUT2D eigenvalue weighted by Gasteiger charge is -2.38. The summed E-state index contributed by atoms with van der Waals surface area (Å²) in [5.74, 6) is 0.0618. The van der Waals surface area contributed by atoms with Gasteiger partial charge in [-0.15, -0.1) is 0 Å². The van der Waals surface area contributed by atoms with Gasteiger partial charge in [-0.3, -0.25) is 9.78 Å². The van der Waals surface area contributed by atoms with E-state index in [9.17, 15) is 13.2 Å². The summed E-state index contributed by atoms with van der Waals surface area (Å²) in [4.78, 5) is 19.5. The molecule has 0 radical (unpaired) electrons. The molecule has 0 bridgehead atoms. The minimum atomic E-state index is -3.22. The Morgan fingerprint density at radius 3 is 2.60 bits per heavy atom. The number of fused-ring (bicyclic) bond motifs is 1. The first kappa shape index (κ1) is 22.7. The van der Waals surface area contributed by atoms with Crippen LogP contribution in [0.2, 0.25) is 0 Å². The zero-order valence-electron chi connectivity index (χ0n) is 17.8. The van der Waals surface area contributed by atoms with Crippen molar-refractivity contribution in [2.45, 2.75) is 38.6 Å². The van der Waals surface area contributed by atoms with Crippen molar-refractivity contribution >= 4 is 26.7 Å². The van der Waals surface area contributed by atoms with Gasteiger partial charge in [-0.05, 0) is 30.7 Å². The number of pyridine rings is 1. The number of nitrogens with zero attached hydrogens (tertiary/aromatic N) is 3. The van der Waals surface area contributed by atoms with E-state index < -0.39 is 10.0 Å². The van der Waals surface area contributed by atoms with Crippen molar-refractivity contribution in [3.05, 3.63) is 42.2 Å². The summed E-state index contributed by atoms with van der Waals surface area (Å²) in [5.41, 5.74) is 0.405. The highest BCUT2D eigenvalue weighted by Gasteiger charge is 2.32. The molecule has 0 saturated carbocycles. The smallest absolute Gasteiger partial charge is 0.272 e. The van der Waals surface area contributed by atoms with Crippen LogP contribution in [-0.4, -0.2) is 73.7 Å². The molecule has 1 aliphatic rings. The van der Waals surface area contributed by atoms with Crippen LogP contribution in [0, 0.1) is 0 Å². The summed E-state index contributed by atoms with van der Waals surface area (Å²) in [6, 6.07) is 9.61. The molecule has 0 unspecified atom stereocenters. The second-order valence-electron chi connectivity index (χ2n) is 7.71. The molecule has 0 N–H and O–H groups in total. The lowest BCUT2D eigenvalue weighted by molar-refractivity contribution is 0.0527. The molecule has 1 aliphatic heterocycles. The van der Waals surface area contributed by atoms with Crippen LogP contribution in [0.4, 0.5) is 0 Å². The Morgan fingerprint density at radius 2 is 1.93 bits per heavy atom. The fraction of sp³-hybridized carbons (Fsp3) is 0.545. The molecule has 3 rings (SSSR count). The fourth-order valence-electron chi connectivity index (χ4n) is 3.88. The van der Waals surface area contributed by atoms with Crippen LogP contribution in [0.3, 0.4) is 0 Å². The van der Waals surface area contributed by atoms with E-state index in [1.54, 1.807) is 22.5 Å². The van der Waals surface area contributed by atoms with Crippen molar-refractivity contribution in [2.24, 2.45) is 0 Å². The fourth-order valence-corrected chi connectivity index (χ4v) is 5.55. The molecule has 7 nitrogen and oxygen atoms in total. The van der Waals surface area contributed by atoms with Gasteiger partial charge in [-0.1, -0.05) is 37.6 Å². The van der Waals surface area contributed by atoms with Crippen molar-refractivity contribution in [1.82, 2.24) is 14.2 Å². The highest BCUT2D eigenvalue weighted by atomic mass is 32.2. The van der Waals surface area contributed by atoms with Crippen LogP contribution in [0.15, 0.2) is 36.5 Å². The van der Waals surface area contributed by atoms with Crippen LogP contribution in [0.1, 0.15) is 43.1 Å². The Balaban J connectivity index is 1.73. The quantitative estimate of drug-likeness (QED) is 0.607. The Hall–Kier alpha value is -2.03. The van der Waals surface area contributed by atoms with Gasteiger partial charge in [0.2, 0.25) is 10.0 Å². The van der Waals surface area contributed by atoms with E-state index in [0.717, 1.165) is 17.2 Å². The zero-order chi connectivity index (χ0) is 21.6. The molecular weight excluding hydrogens is 402 g/mol. The maximum atomic E-state index is 13.3. The molecule has 30 heavy (non-hydrogen) atoms. The minimum Gasteiger partial charge on any atom is -0.383 e. The molecule has 1 aromatic heterocycles. The number of aromatic nitrogens is 1. The molecule has 0 aliphatic carbocycles. The van der Waals surface area contributed by atoms with Crippen LogP contribution in [0.25, 0.3) is 10.8 Å². The Morgan fingerprint density at radius 1 is 1.23 bits per heavy atom. The Bertz CT molecular complexity index is 956. The van der Waals surface area contributed by atoms with Gasteiger partial charge in [0, 0.05) is 44.4 Å². The number of hydrogen-bond donors (Lipinski definition) is 0. The third-order valence-electron chi connectivity index (χ3n) is 5.66. The first-order chi connectivity index (χ1) is 14.5. The molecule has 1 fully saturated rings. The predicted octanol–water partition coefficient (Wildman–Crippen LogP) is 2.92. The van der Waals surface area contributed by atoms with Crippen LogP contribution in [-0.2, 0) is 14.8 Å². The maximum absolute atomic E-state index is 13.3. The standard InChI is InChI=1S/C22H31N3O4S/c1-3-4-15-30(27,28)24-11-9-20(10-12-24)25(13-14-29-2)22(26)21-16-18-7-5-6-8-19(18)17-23-21/h5-8,16-17,20H,3-4,9-15H2,1-2H3. The molecule has 0 atom stereocenters. The van der Waals surface area contributed by atoms with Crippen molar-refractivity contribution in [3.8, 4) is 0 Å². The number of carbonyl (C=O) groups is 1. The summed E-state index contributed by atoms with van der Waals surface area (Å²) in [5, 5.41) is 1.96. The zero-order valence-corrected chi connectivity index (χ0v) is 18.6. The summed E-state index contributed by atoms with van der Waals surface area (Å²) < 4.78 is 31.8. The molecule has 1 saturated heterocycles. The largest absolute Gasteiger partial charge is 0.383 e. The monoisotopic (exact) mass is 433 g/mol. The third-order valence-corrected chi connectivity index (χ3v) is 7.62. The summed E-state index contributed by atoms with van der Waals surface area (Å²) >= 11 is 0. The van der Waals surface area contributed by atoms with Crippen molar-refractivity contribution < 1.29 is 17.9 Å². The van der Waals surface area contributed by atoms with E-state index in [2.05, 4.69) is 4.98 Å². The molecule has 0 spiro atoms. The van der Waals surface area contributed by atoms with E-state index in [4.69, 9.17) is 4.74 Å². The number of methoxy groups -OCH3 is 1. The van der Waals surface area contributed by atoms with Crippen LogP contribution in [0.5, 0.6) is 0 Å². The van der Waals surface area contributed by atoms with Gasteiger partial charge in [0.1, 0.15) is 5.69 Å². The van der Waals surface area contributed by atoms with Crippen molar-refractivity contribution in [1.29, 1.82) is 0 Å². The van der Waals surface area contributed by atoms with Crippen LogP contribution < -0.4 is 0 Å². The lowest BCUT2D eigenvalue weighted by atomic mass is 10.0. The number of hydrogen-bond acceptors (Lipinski definition) is 5. The average Bonchev–Trinajstić information content (AvgIpc) is 2.78. The molecule has 164 valence electrons. The number of benzene rings is 1. The number of rotatable bonds is 9. The van der Waals surface area contributed by atoms with E-state index in [0.29, 0.717) is 51.2 Å². The Labute approximate surface area is 179 Å². The first-order valence-corrected chi connectivity index (χ1v) is 12.2. The third kappa shape index (κ3) is 5.36. The second kappa shape index (κ2) is 10.3. The van der Waals surface area contributed by atoms with Gasteiger partial charge in [0.25, 0.3) is 5.91 Å². The number of carbonyl (C=O) groups excluding carboxylic acids is 1. The topological polar surface area (TPSA) is 79.8 Å². The number of amides is 1. The van der Waals surface area contributed by atoms with Gasteiger partial charge in [-0.25, -0.2) is 12.7 Å². The van der Waals surface area contributed by atoms with Gasteiger partial charge in [0.15, 0.2) is 0 Å². The van der Waals surface area contributed by atoms with E-state index in [1.807, 2.05) is 37.3 Å². The highest BCUT2D eigenvalue weighted by Crippen LogP contribution is 2.22. The summed E-state index contributed by atoms with van der Waals surface area (Å²) in [7, 11) is -1.60. The van der Waals surface area contributed by atoms with Crippen molar-refractivity contribution in [2.75, 3.05) is 39.1 Å². The van der Waals surface area contributed by atoms with E-state index in [-0.39, 0.29) is 17.7 Å². The summed E-state index contributed by atoms with van der Waals surface area (Å²) in [6.07, 6.45) is 4.49. The summed E-state index contributed by atoms with van der Waals surface area (Å²) in [6.45, 7) is 3.75. The molecule has 2 heterocycles.